The molecule has 2 aromatic rings. The maximum absolute atomic E-state index is 12.4. The third-order valence-corrected chi connectivity index (χ3v) is 4.01. The molecule has 1 heterocycles. The third kappa shape index (κ3) is 3.22. The fraction of sp³-hybridized carbons (Fsp3) is 0.294. The summed E-state index contributed by atoms with van der Waals surface area (Å²) in [5.74, 6) is 0.764. The van der Waals surface area contributed by atoms with E-state index < -0.39 is 0 Å². The Morgan fingerprint density at radius 3 is 2.95 bits per heavy atom. The Morgan fingerprint density at radius 2 is 2.23 bits per heavy atom. The average molecular weight is 316 g/mol. The standard InChI is InChI=1S/C17H18ClN3O/c1-12-10-16(19-17(22)13-6-3-2-4-7-13)21(20-12)15-9-5-8-14(18)11-15/h2-3,5,8-11,13H,4,6-7H2,1H3,(H,19,22). The Hall–Kier alpha value is -2.07. The molecule has 0 spiro atoms. The fourth-order valence-electron chi connectivity index (χ4n) is 2.65. The first kappa shape index (κ1) is 14.9. The van der Waals surface area contributed by atoms with Crippen molar-refractivity contribution in [1.29, 1.82) is 0 Å². The summed E-state index contributed by atoms with van der Waals surface area (Å²) in [5, 5.41) is 8.09. The van der Waals surface area contributed by atoms with Crippen molar-refractivity contribution in [2.45, 2.75) is 26.2 Å². The van der Waals surface area contributed by atoms with Gasteiger partial charge in [-0.3, -0.25) is 4.79 Å². The lowest BCUT2D eigenvalue weighted by Crippen LogP contribution is -2.24. The summed E-state index contributed by atoms with van der Waals surface area (Å²) in [5.41, 5.74) is 1.68. The highest BCUT2D eigenvalue weighted by Gasteiger charge is 2.20. The van der Waals surface area contributed by atoms with Crippen molar-refractivity contribution in [2.24, 2.45) is 5.92 Å². The minimum absolute atomic E-state index is 0.0352. The number of rotatable bonds is 3. The highest BCUT2D eigenvalue weighted by atomic mass is 35.5. The van der Waals surface area contributed by atoms with Crippen molar-refractivity contribution in [3.63, 3.8) is 0 Å². The molecule has 0 bridgehead atoms. The molecule has 0 aliphatic heterocycles. The van der Waals surface area contributed by atoms with Gasteiger partial charge in [-0.25, -0.2) is 4.68 Å². The molecule has 0 radical (unpaired) electrons. The molecule has 3 rings (SSSR count). The highest BCUT2D eigenvalue weighted by Crippen LogP contribution is 2.23. The summed E-state index contributed by atoms with van der Waals surface area (Å²) in [6.07, 6.45) is 6.87. The number of halogens is 1. The summed E-state index contributed by atoms with van der Waals surface area (Å²) in [4.78, 5) is 12.4. The second kappa shape index (κ2) is 6.36. The average Bonchev–Trinajstić information content (AvgIpc) is 2.89. The molecule has 114 valence electrons. The molecular weight excluding hydrogens is 298 g/mol. The maximum atomic E-state index is 12.4. The summed E-state index contributed by atoms with van der Waals surface area (Å²) in [7, 11) is 0. The van der Waals surface area contributed by atoms with E-state index >= 15 is 0 Å². The third-order valence-electron chi connectivity index (χ3n) is 3.78. The summed E-state index contributed by atoms with van der Waals surface area (Å²) in [6, 6.07) is 9.29. The van der Waals surface area contributed by atoms with Crippen LogP contribution in [0.5, 0.6) is 0 Å². The molecule has 1 atom stereocenters. The first-order valence-electron chi connectivity index (χ1n) is 7.42. The SMILES string of the molecule is Cc1cc(NC(=O)C2CC=CCC2)n(-c2cccc(Cl)c2)n1. The Morgan fingerprint density at radius 1 is 1.36 bits per heavy atom. The predicted octanol–water partition coefficient (Wildman–Crippen LogP) is 4.13. The minimum atomic E-state index is 0.0352. The number of hydrogen-bond acceptors (Lipinski definition) is 2. The van der Waals surface area contributed by atoms with Crippen molar-refractivity contribution in [3.05, 3.63) is 53.2 Å². The van der Waals surface area contributed by atoms with Gasteiger partial charge < -0.3 is 5.32 Å². The zero-order chi connectivity index (χ0) is 15.5. The molecule has 1 unspecified atom stereocenters. The lowest BCUT2D eigenvalue weighted by atomic mass is 9.94. The zero-order valence-electron chi connectivity index (χ0n) is 12.4. The molecule has 1 amide bonds. The number of hydrogen-bond donors (Lipinski definition) is 1. The van der Waals surface area contributed by atoms with Crippen molar-refractivity contribution in [2.75, 3.05) is 5.32 Å². The van der Waals surface area contributed by atoms with Gasteiger partial charge >= 0.3 is 0 Å². The summed E-state index contributed by atoms with van der Waals surface area (Å²) in [6.45, 7) is 1.90. The van der Waals surface area contributed by atoms with E-state index in [0.29, 0.717) is 10.8 Å². The van der Waals surface area contributed by atoms with Gasteiger partial charge in [-0.05, 0) is 44.4 Å². The number of nitrogens with zero attached hydrogens (tertiary/aromatic N) is 2. The smallest absolute Gasteiger partial charge is 0.228 e. The second-order valence-corrected chi connectivity index (χ2v) is 5.97. The van der Waals surface area contributed by atoms with E-state index in [2.05, 4.69) is 22.6 Å². The van der Waals surface area contributed by atoms with Crippen LogP contribution in [0.25, 0.3) is 5.69 Å². The molecule has 0 saturated carbocycles. The predicted molar refractivity (Wildman–Crippen MR) is 88.4 cm³/mol. The van der Waals surface area contributed by atoms with Crippen LogP contribution in [0.15, 0.2) is 42.5 Å². The van der Waals surface area contributed by atoms with E-state index in [0.717, 1.165) is 30.6 Å². The number of carbonyl (C=O) groups excluding carboxylic acids is 1. The van der Waals surface area contributed by atoms with Crippen molar-refractivity contribution < 1.29 is 4.79 Å². The quantitative estimate of drug-likeness (QED) is 0.866. The van der Waals surface area contributed by atoms with Crippen LogP contribution >= 0.6 is 11.6 Å². The summed E-state index contributed by atoms with van der Waals surface area (Å²) < 4.78 is 1.72. The number of benzene rings is 1. The first-order valence-corrected chi connectivity index (χ1v) is 7.80. The van der Waals surface area contributed by atoms with E-state index in [-0.39, 0.29) is 11.8 Å². The van der Waals surface area contributed by atoms with Crippen LogP contribution in [-0.4, -0.2) is 15.7 Å². The molecule has 0 fully saturated rings. The van der Waals surface area contributed by atoms with Gasteiger partial charge in [0.2, 0.25) is 5.91 Å². The van der Waals surface area contributed by atoms with Gasteiger partial charge in [0.1, 0.15) is 5.82 Å². The molecule has 1 aromatic carbocycles. The lowest BCUT2D eigenvalue weighted by Gasteiger charge is -2.17. The van der Waals surface area contributed by atoms with Crippen molar-refractivity contribution >= 4 is 23.3 Å². The van der Waals surface area contributed by atoms with Gasteiger partial charge in [0.05, 0.1) is 11.4 Å². The monoisotopic (exact) mass is 315 g/mol. The molecule has 5 heteroatoms. The van der Waals surface area contributed by atoms with Gasteiger partial charge in [-0.1, -0.05) is 29.8 Å². The largest absolute Gasteiger partial charge is 0.310 e. The van der Waals surface area contributed by atoms with Crippen molar-refractivity contribution in [3.8, 4) is 5.69 Å². The van der Waals surface area contributed by atoms with Crippen molar-refractivity contribution in [1.82, 2.24) is 9.78 Å². The molecule has 22 heavy (non-hydrogen) atoms. The second-order valence-electron chi connectivity index (χ2n) is 5.53. The van der Waals surface area contributed by atoms with E-state index in [1.54, 1.807) is 4.68 Å². The molecule has 1 N–H and O–H groups in total. The number of amides is 1. The first-order chi connectivity index (χ1) is 10.6. The summed E-state index contributed by atoms with van der Waals surface area (Å²) >= 11 is 6.05. The van der Waals surface area contributed by atoms with Crippen LogP contribution in [0.3, 0.4) is 0 Å². The Balaban J connectivity index is 1.85. The van der Waals surface area contributed by atoms with Gasteiger partial charge in [0.15, 0.2) is 0 Å². The van der Waals surface area contributed by atoms with E-state index in [4.69, 9.17) is 11.6 Å². The van der Waals surface area contributed by atoms with Crippen LogP contribution in [0.1, 0.15) is 25.0 Å². The molecule has 0 saturated heterocycles. The van der Waals surface area contributed by atoms with E-state index in [1.807, 2.05) is 37.3 Å². The molecule has 1 aromatic heterocycles. The Kier molecular flexibility index (Phi) is 4.29. The molecule has 1 aliphatic carbocycles. The van der Waals surface area contributed by atoms with Crippen LogP contribution in [0, 0.1) is 12.8 Å². The van der Waals surface area contributed by atoms with E-state index in [9.17, 15) is 4.79 Å². The lowest BCUT2D eigenvalue weighted by molar-refractivity contribution is -0.120. The number of carbonyl (C=O) groups is 1. The number of nitrogens with one attached hydrogen (secondary N) is 1. The number of anilines is 1. The van der Waals surface area contributed by atoms with Gasteiger partial charge in [-0.2, -0.15) is 5.10 Å². The number of allylic oxidation sites excluding steroid dienone is 2. The van der Waals surface area contributed by atoms with Crippen LogP contribution in [0.4, 0.5) is 5.82 Å². The number of aromatic nitrogens is 2. The zero-order valence-corrected chi connectivity index (χ0v) is 13.2. The van der Waals surface area contributed by atoms with Crippen LogP contribution in [0.2, 0.25) is 5.02 Å². The highest BCUT2D eigenvalue weighted by molar-refractivity contribution is 6.30. The fourth-order valence-corrected chi connectivity index (χ4v) is 2.84. The number of aryl methyl sites for hydroxylation is 1. The van der Waals surface area contributed by atoms with Crippen LogP contribution < -0.4 is 5.32 Å². The molecular formula is C17H18ClN3O. The normalized spacial score (nSPS) is 17.5. The van der Waals surface area contributed by atoms with Gasteiger partial charge in [0.25, 0.3) is 0 Å². The van der Waals surface area contributed by atoms with E-state index in [1.165, 1.54) is 0 Å². The Labute approximate surface area is 134 Å². The van der Waals surface area contributed by atoms with Crippen LogP contribution in [-0.2, 0) is 4.79 Å². The molecule has 4 nitrogen and oxygen atoms in total. The maximum Gasteiger partial charge on any atom is 0.228 e. The topological polar surface area (TPSA) is 46.9 Å². The van der Waals surface area contributed by atoms with Gasteiger partial charge in [-0.15, -0.1) is 0 Å². The van der Waals surface area contributed by atoms with Gasteiger partial charge in [0, 0.05) is 17.0 Å². The Bertz CT molecular complexity index is 720. The minimum Gasteiger partial charge on any atom is -0.310 e. The molecule has 1 aliphatic rings.